The summed E-state index contributed by atoms with van der Waals surface area (Å²) >= 11 is 0. The first-order valence-corrected chi connectivity index (χ1v) is 6.34. The molecule has 0 saturated heterocycles. The lowest BCUT2D eigenvalue weighted by Crippen LogP contribution is -2.29. The highest BCUT2D eigenvalue weighted by Crippen LogP contribution is 2.31. The molecular formula is C14H17N3O3. The number of phenols is 1. The van der Waals surface area contributed by atoms with Gasteiger partial charge in [0.25, 0.3) is 0 Å². The molecule has 0 bridgehead atoms. The van der Waals surface area contributed by atoms with Crippen LogP contribution in [-0.4, -0.2) is 51.8 Å². The van der Waals surface area contributed by atoms with Crippen LogP contribution in [0.4, 0.5) is 5.69 Å². The maximum atomic E-state index is 10.1. The molecule has 106 valence electrons. The van der Waals surface area contributed by atoms with Gasteiger partial charge >= 0.3 is 0 Å². The number of anilines is 1. The Hall–Kier alpha value is -2.18. The van der Waals surface area contributed by atoms with Crippen molar-refractivity contribution in [3.8, 4) is 17.0 Å². The maximum Gasteiger partial charge on any atom is 0.127 e. The standard InChI is InChI=1S/C14H17N3O3/c18-8-6-17(7-9-19)11-3-4-12(14(20)10-11)13-2-1-5-15-16-13/h1-5,10,18-20H,6-9H2. The first-order chi connectivity index (χ1) is 9.76. The molecule has 0 unspecified atom stereocenters. The van der Waals surface area contributed by atoms with Gasteiger partial charge in [-0.25, -0.2) is 0 Å². The fraction of sp³-hybridized carbons (Fsp3) is 0.286. The molecule has 0 radical (unpaired) electrons. The molecule has 2 rings (SSSR count). The predicted molar refractivity (Wildman–Crippen MR) is 75.5 cm³/mol. The minimum atomic E-state index is -0.0212. The number of aliphatic hydroxyl groups excluding tert-OH is 2. The van der Waals surface area contributed by atoms with Crippen molar-refractivity contribution in [3.05, 3.63) is 36.5 Å². The third-order valence-corrected chi connectivity index (χ3v) is 2.93. The molecule has 0 aliphatic heterocycles. The molecule has 0 aliphatic rings. The largest absolute Gasteiger partial charge is 0.507 e. The molecule has 1 aromatic heterocycles. The summed E-state index contributed by atoms with van der Waals surface area (Å²) in [5.41, 5.74) is 1.92. The highest BCUT2D eigenvalue weighted by atomic mass is 16.3. The van der Waals surface area contributed by atoms with E-state index in [2.05, 4.69) is 10.2 Å². The third kappa shape index (κ3) is 3.23. The molecule has 6 heteroatoms. The summed E-state index contributed by atoms with van der Waals surface area (Å²) in [7, 11) is 0. The first kappa shape index (κ1) is 14.2. The number of aromatic hydroxyl groups is 1. The van der Waals surface area contributed by atoms with E-state index in [-0.39, 0.29) is 19.0 Å². The van der Waals surface area contributed by atoms with Gasteiger partial charge in [-0.2, -0.15) is 10.2 Å². The van der Waals surface area contributed by atoms with Crippen molar-refractivity contribution in [2.24, 2.45) is 0 Å². The lowest BCUT2D eigenvalue weighted by Gasteiger charge is -2.23. The van der Waals surface area contributed by atoms with Crippen molar-refractivity contribution in [1.82, 2.24) is 10.2 Å². The van der Waals surface area contributed by atoms with Crippen LogP contribution in [0.25, 0.3) is 11.3 Å². The molecule has 0 fully saturated rings. The van der Waals surface area contributed by atoms with Crippen molar-refractivity contribution in [3.63, 3.8) is 0 Å². The van der Waals surface area contributed by atoms with Gasteiger partial charge < -0.3 is 20.2 Å². The van der Waals surface area contributed by atoms with Crippen LogP contribution in [0.1, 0.15) is 0 Å². The van der Waals surface area contributed by atoms with E-state index in [1.807, 2.05) is 6.07 Å². The monoisotopic (exact) mass is 275 g/mol. The number of phenolic OH excluding ortho intramolecular Hbond substituents is 1. The van der Waals surface area contributed by atoms with Crippen LogP contribution in [0.5, 0.6) is 5.75 Å². The zero-order chi connectivity index (χ0) is 14.4. The van der Waals surface area contributed by atoms with E-state index in [0.29, 0.717) is 24.3 Å². The molecule has 3 N–H and O–H groups in total. The second-order valence-corrected chi connectivity index (χ2v) is 4.24. The SMILES string of the molecule is OCCN(CCO)c1ccc(-c2cccnn2)c(O)c1. The number of rotatable bonds is 6. The first-order valence-electron chi connectivity index (χ1n) is 6.34. The molecule has 1 aromatic carbocycles. The van der Waals surface area contributed by atoms with Crippen LogP contribution in [0.15, 0.2) is 36.5 Å². The molecule has 0 spiro atoms. The van der Waals surface area contributed by atoms with Crippen molar-refractivity contribution in [2.75, 3.05) is 31.2 Å². The van der Waals surface area contributed by atoms with Crippen LogP contribution < -0.4 is 4.90 Å². The summed E-state index contributed by atoms with van der Waals surface area (Å²) in [5.74, 6) is 0.0869. The average molecular weight is 275 g/mol. The Morgan fingerprint density at radius 1 is 1.05 bits per heavy atom. The van der Waals surface area contributed by atoms with E-state index in [0.717, 1.165) is 5.69 Å². The fourth-order valence-electron chi connectivity index (χ4n) is 1.99. The second kappa shape index (κ2) is 6.83. The third-order valence-electron chi connectivity index (χ3n) is 2.93. The van der Waals surface area contributed by atoms with Gasteiger partial charge in [0.05, 0.1) is 18.9 Å². The summed E-state index contributed by atoms with van der Waals surface area (Å²) in [6.07, 6.45) is 1.57. The van der Waals surface area contributed by atoms with Gasteiger partial charge in [-0.05, 0) is 24.3 Å². The van der Waals surface area contributed by atoms with E-state index >= 15 is 0 Å². The Morgan fingerprint density at radius 3 is 2.35 bits per heavy atom. The average Bonchev–Trinajstić information content (AvgIpc) is 2.48. The highest BCUT2D eigenvalue weighted by molar-refractivity contribution is 5.70. The Labute approximate surface area is 116 Å². The quantitative estimate of drug-likeness (QED) is 0.717. The Morgan fingerprint density at radius 2 is 1.80 bits per heavy atom. The van der Waals surface area contributed by atoms with Gasteiger partial charge in [-0.1, -0.05) is 0 Å². The maximum absolute atomic E-state index is 10.1. The number of aromatic nitrogens is 2. The van der Waals surface area contributed by atoms with E-state index in [4.69, 9.17) is 10.2 Å². The lowest BCUT2D eigenvalue weighted by molar-refractivity contribution is 0.281. The van der Waals surface area contributed by atoms with E-state index in [9.17, 15) is 5.11 Å². The van der Waals surface area contributed by atoms with Crippen molar-refractivity contribution >= 4 is 5.69 Å². The molecular weight excluding hydrogens is 258 g/mol. The van der Waals surface area contributed by atoms with Crippen LogP contribution in [0.2, 0.25) is 0 Å². The van der Waals surface area contributed by atoms with E-state index < -0.39 is 0 Å². The smallest absolute Gasteiger partial charge is 0.127 e. The molecule has 0 amide bonds. The topological polar surface area (TPSA) is 89.7 Å². The summed E-state index contributed by atoms with van der Waals surface area (Å²) in [5, 5.41) is 35.9. The van der Waals surface area contributed by atoms with E-state index in [1.54, 1.807) is 35.4 Å². The summed E-state index contributed by atoms with van der Waals surface area (Å²) in [4.78, 5) is 1.79. The van der Waals surface area contributed by atoms with Gasteiger partial charge in [0.2, 0.25) is 0 Å². The van der Waals surface area contributed by atoms with Gasteiger partial charge in [0.1, 0.15) is 5.75 Å². The molecule has 0 saturated carbocycles. The number of benzene rings is 1. The molecule has 0 atom stereocenters. The summed E-state index contributed by atoms with van der Waals surface area (Å²) in [6.45, 7) is 0.744. The van der Waals surface area contributed by atoms with Crippen LogP contribution in [-0.2, 0) is 0 Å². The van der Waals surface area contributed by atoms with Crippen LogP contribution in [0.3, 0.4) is 0 Å². The normalized spacial score (nSPS) is 10.5. The van der Waals surface area contributed by atoms with Crippen LogP contribution >= 0.6 is 0 Å². The summed E-state index contributed by atoms with van der Waals surface area (Å²) in [6, 6.07) is 8.67. The predicted octanol–water partition coefficient (Wildman–Crippen LogP) is 0.640. The molecule has 2 aromatic rings. The number of nitrogens with zero attached hydrogens (tertiary/aromatic N) is 3. The summed E-state index contributed by atoms with van der Waals surface area (Å²) < 4.78 is 0. The minimum Gasteiger partial charge on any atom is -0.507 e. The number of hydrogen-bond donors (Lipinski definition) is 3. The van der Waals surface area contributed by atoms with E-state index in [1.165, 1.54) is 0 Å². The van der Waals surface area contributed by atoms with Crippen molar-refractivity contribution < 1.29 is 15.3 Å². The van der Waals surface area contributed by atoms with Gasteiger partial charge in [0.15, 0.2) is 0 Å². The molecule has 20 heavy (non-hydrogen) atoms. The van der Waals surface area contributed by atoms with Crippen molar-refractivity contribution in [1.29, 1.82) is 0 Å². The zero-order valence-corrected chi connectivity index (χ0v) is 11.0. The lowest BCUT2D eigenvalue weighted by atomic mass is 10.1. The Balaban J connectivity index is 2.29. The van der Waals surface area contributed by atoms with Crippen molar-refractivity contribution in [2.45, 2.75) is 0 Å². The molecule has 6 nitrogen and oxygen atoms in total. The second-order valence-electron chi connectivity index (χ2n) is 4.24. The molecule has 1 heterocycles. The zero-order valence-electron chi connectivity index (χ0n) is 11.0. The van der Waals surface area contributed by atoms with Crippen LogP contribution in [0, 0.1) is 0 Å². The minimum absolute atomic E-state index is 0.0212. The fourth-order valence-corrected chi connectivity index (χ4v) is 1.99. The molecule has 0 aliphatic carbocycles. The number of aliphatic hydroxyl groups is 2. The Kier molecular flexibility index (Phi) is 4.86. The van der Waals surface area contributed by atoms with Gasteiger partial charge in [-0.15, -0.1) is 0 Å². The number of hydrogen-bond acceptors (Lipinski definition) is 6. The van der Waals surface area contributed by atoms with Gasteiger partial charge in [-0.3, -0.25) is 0 Å². The highest BCUT2D eigenvalue weighted by Gasteiger charge is 2.10. The Bertz CT molecular complexity index is 543. The van der Waals surface area contributed by atoms with Gasteiger partial charge in [0, 0.05) is 36.6 Å².